The minimum atomic E-state index is -3.98. The maximum Gasteiger partial charge on any atom is 0.262 e. The molecule has 3 aromatic carbocycles. The summed E-state index contributed by atoms with van der Waals surface area (Å²) in [7, 11) is -3.98. The molecule has 34 heavy (non-hydrogen) atoms. The first-order valence-corrected chi connectivity index (χ1v) is 12.1. The molecule has 0 unspecified atom stereocenters. The Morgan fingerprint density at radius 3 is 2.24 bits per heavy atom. The number of hydrogen-bond donors (Lipinski definition) is 2. The Morgan fingerprint density at radius 1 is 0.882 bits per heavy atom. The van der Waals surface area contributed by atoms with Crippen LogP contribution in [0.25, 0.3) is 0 Å². The number of benzene rings is 3. The number of halogens is 1. The molecule has 1 aliphatic rings. The topological polar surface area (TPSA) is 95.6 Å². The average molecular weight is 482 g/mol. The van der Waals surface area contributed by atoms with Crippen LogP contribution in [0.2, 0.25) is 0 Å². The largest absolute Gasteiger partial charge is 0.373 e. The number of rotatable bonds is 6. The molecule has 2 amide bonds. The van der Waals surface area contributed by atoms with Gasteiger partial charge in [-0.1, -0.05) is 18.2 Å². The second-order valence-corrected chi connectivity index (χ2v) is 10.0. The predicted molar refractivity (Wildman–Crippen MR) is 129 cm³/mol. The third-order valence-electron chi connectivity index (χ3n) is 5.67. The zero-order valence-electron chi connectivity index (χ0n) is 18.9. The van der Waals surface area contributed by atoms with Crippen molar-refractivity contribution in [1.29, 1.82) is 0 Å². The van der Waals surface area contributed by atoms with E-state index in [2.05, 4.69) is 10.0 Å². The molecule has 0 spiro atoms. The zero-order valence-corrected chi connectivity index (χ0v) is 19.7. The van der Waals surface area contributed by atoms with Gasteiger partial charge in [0.1, 0.15) is 11.9 Å². The van der Waals surface area contributed by atoms with Gasteiger partial charge in [-0.05, 0) is 79.9 Å². The highest BCUT2D eigenvalue weighted by Crippen LogP contribution is 2.30. The molecule has 3 aromatic rings. The van der Waals surface area contributed by atoms with E-state index >= 15 is 0 Å². The van der Waals surface area contributed by atoms with E-state index in [0.717, 1.165) is 23.3 Å². The van der Waals surface area contributed by atoms with E-state index in [9.17, 15) is 22.4 Å². The first kappa shape index (κ1) is 23.4. The molecule has 4 rings (SSSR count). The van der Waals surface area contributed by atoms with Crippen LogP contribution in [0, 0.1) is 26.6 Å². The molecule has 0 radical (unpaired) electrons. The molecule has 1 heterocycles. The number of nitrogens with zero attached hydrogens (tertiary/aromatic N) is 1. The highest BCUT2D eigenvalue weighted by Gasteiger charge is 2.40. The lowest BCUT2D eigenvalue weighted by Gasteiger charge is -2.19. The summed E-state index contributed by atoms with van der Waals surface area (Å²) in [5.41, 5.74) is 3.39. The summed E-state index contributed by atoms with van der Waals surface area (Å²) in [6, 6.07) is 14.4. The molecular formula is C25H24FN3O4S. The van der Waals surface area contributed by atoms with E-state index < -0.39 is 27.8 Å². The van der Waals surface area contributed by atoms with Crippen molar-refractivity contribution in [2.45, 2.75) is 38.1 Å². The van der Waals surface area contributed by atoms with Crippen LogP contribution in [0.15, 0.2) is 65.6 Å². The zero-order chi connectivity index (χ0) is 24.6. The molecule has 176 valence electrons. The van der Waals surface area contributed by atoms with Crippen LogP contribution in [0.4, 0.5) is 21.5 Å². The Morgan fingerprint density at radius 2 is 1.53 bits per heavy atom. The van der Waals surface area contributed by atoms with Crippen molar-refractivity contribution >= 4 is 38.9 Å². The number of anilines is 3. The van der Waals surface area contributed by atoms with Gasteiger partial charge in [0.25, 0.3) is 15.9 Å². The number of aryl methyl sites for hydroxylation is 3. The van der Waals surface area contributed by atoms with Gasteiger partial charge in [-0.25, -0.2) is 17.7 Å². The second-order valence-electron chi connectivity index (χ2n) is 8.35. The van der Waals surface area contributed by atoms with Gasteiger partial charge in [-0.15, -0.1) is 0 Å². The van der Waals surface area contributed by atoms with Crippen LogP contribution in [-0.4, -0.2) is 26.3 Å². The van der Waals surface area contributed by atoms with E-state index in [0.29, 0.717) is 16.9 Å². The molecule has 1 fully saturated rings. The molecule has 2 N–H and O–H groups in total. The second kappa shape index (κ2) is 8.90. The molecule has 1 aliphatic heterocycles. The third-order valence-corrected chi connectivity index (χ3v) is 7.19. The first-order valence-electron chi connectivity index (χ1n) is 10.6. The minimum Gasteiger partial charge on any atom is -0.373 e. The fourth-order valence-electron chi connectivity index (χ4n) is 3.87. The summed E-state index contributed by atoms with van der Waals surface area (Å²) in [4.78, 5) is 27.0. The molecule has 0 aromatic heterocycles. The van der Waals surface area contributed by atoms with Crippen LogP contribution in [0.3, 0.4) is 0 Å². The van der Waals surface area contributed by atoms with Crippen LogP contribution in [0.5, 0.6) is 0 Å². The van der Waals surface area contributed by atoms with Gasteiger partial charge in [0.2, 0.25) is 5.91 Å². The van der Waals surface area contributed by atoms with Crippen molar-refractivity contribution in [3.8, 4) is 0 Å². The van der Waals surface area contributed by atoms with Crippen molar-refractivity contribution < 1.29 is 22.4 Å². The summed E-state index contributed by atoms with van der Waals surface area (Å²) >= 11 is 0. The summed E-state index contributed by atoms with van der Waals surface area (Å²) in [6.45, 7) is 5.37. The number of nitrogens with one attached hydrogen (secondary N) is 2. The third kappa shape index (κ3) is 4.65. The van der Waals surface area contributed by atoms with E-state index in [-0.39, 0.29) is 22.9 Å². The van der Waals surface area contributed by atoms with Crippen molar-refractivity contribution in [2.24, 2.45) is 0 Å². The van der Waals surface area contributed by atoms with Crippen LogP contribution < -0.4 is 14.9 Å². The quantitative estimate of drug-likeness (QED) is 0.512. The lowest BCUT2D eigenvalue weighted by molar-refractivity contribution is -0.121. The molecule has 0 bridgehead atoms. The van der Waals surface area contributed by atoms with Crippen molar-refractivity contribution in [3.05, 3.63) is 83.2 Å². The molecule has 0 aliphatic carbocycles. The smallest absolute Gasteiger partial charge is 0.262 e. The Balaban J connectivity index is 1.57. The Hall–Kier alpha value is -3.72. The number of carbonyl (C=O) groups excluding carboxylic acids is 2. The monoisotopic (exact) mass is 481 g/mol. The van der Waals surface area contributed by atoms with E-state index in [4.69, 9.17) is 0 Å². The number of amides is 2. The van der Waals surface area contributed by atoms with Gasteiger partial charge < -0.3 is 5.32 Å². The SMILES string of the molecule is Cc1ccc(C)c(N2C(=O)C[C@@H](Nc3ccc(C)c(S(=O)(=O)Nc4ccc(F)cc4)c3)C2=O)c1. The van der Waals surface area contributed by atoms with Gasteiger partial charge in [0, 0.05) is 11.4 Å². The maximum absolute atomic E-state index is 13.1. The fourth-order valence-corrected chi connectivity index (χ4v) is 5.20. The van der Waals surface area contributed by atoms with Crippen molar-refractivity contribution in [3.63, 3.8) is 0 Å². The molecule has 0 saturated carbocycles. The Bertz CT molecular complexity index is 1390. The molecular weight excluding hydrogens is 457 g/mol. The number of sulfonamides is 1. The van der Waals surface area contributed by atoms with Gasteiger partial charge in [-0.3, -0.25) is 14.3 Å². The average Bonchev–Trinajstić information content (AvgIpc) is 3.05. The van der Waals surface area contributed by atoms with Gasteiger partial charge >= 0.3 is 0 Å². The summed E-state index contributed by atoms with van der Waals surface area (Å²) in [5.74, 6) is -1.20. The molecule has 1 atom stereocenters. The van der Waals surface area contributed by atoms with E-state index in [1.54, 1.807) is 25.1 Å². The fraction of sp³-hybridized carbons (Fsp3) is 0.200. The van der Waals surface area contributed by atoms with Gasteiger partial charge in [0.15, 0.2) is 0 Å². The Kier molecular flexibility index (Phi) is 6.14. The Labute approximate surface area is 197 Å². The standard InChI is InChI=1S/C25H24FN3O4S/c1-15-4-5-16(2)22(12-15)29-24(30)14-21(25(29)31)27-20-9-6-17(3)23(13-20)34(32,33)28-19-10-7-18(26)8-11-19/h4-13,21,27-28H,14H2,1-3H3/t21-/m1/s1. The summed E-state index contributed by atoms with van der Waals surface area (Å²) in [6.07, 6.45) is -0.0456. The highest BCUT2D eigenvalue weighted by atomic mass is 32.2. The number of carbonyl (C=O) groups is 2. The minimum absolute atomic E-state index is 0.00461. The van der Waals surface area contributed by atoms with Crippen molar-refractivity contribution in [1.82, 2.24) is 0 Å². The molecule has 7 nitrogen and oxygen atoms in total. The predicted octanol–water partition coefficient (Wildman–Crippen LogP) is 4.30. The van der Waals surface area contributed by atoms with Crippen LogP contribution in [0.1, 0.15) is 23.1 Å². The lowest BCUT2D eigenvalue weighted by atomic mass is 10.1. The van der Waals surface area contributed by atoms with E-state index in [1.165, 1.54) is 23.1 Å². The number of hydrogen-bond acceptors (Lipinski definition) is 5. The van der Waals surface area contributed by atoms with Crippen LogP contribution in [-0.2, 0) is 19.6 Å². The normalized spacial score (nSPS) is 16.1. The number of imide groups is 1. The maximum atomic E-state index is 13.1. The first-order chi connectivity index (χ1) is 16.0. The van der Waals surface area contributed by atoms with Gasteiger partial charge in [0.05, 0.1) is 17.0 Å². The lowest BCUT2D eigenvalue weighted by Crippen LogP contribution is -2.35. The van der Waals surface area contributed by atoms with E-state index in [1.807, 2.05) is 26.0 Å². The van der Waals surface area contributed by atoms with Crippen molar-refractivity contribution in [2.75, 3.05) is 14.9 Å². The molecule has 9 heteroatoms. The highest BCUT2D eigenvalue weighted by molar-refractivity contribution is 7.92. The van der Waals surface area contributed by atoms with Gasteiger partial charge in [-0.2, -0.15) is 0 Å². The summed E-state index contributed by atoms with van der Waals surface area (Å²) in [5, 5.41) is 3.01. The van der Waals surface area contributed by atoms with Crippen LogP contribution >= 0.6 is 0 Å². The molecule has 1 saturated heterocycles. The summed E-state index contributed by atoms with van der Waals surface area (Å²) < 4.78 is 41.5.